The van der Waals surface area contributed by atoms with Gasteiger partial charge in [0, 0.05) is 29.2 Å². The summed E-state index contributed by atoms with van der Waals surface area (Å²) in [5, 5.41) is 9.65. The van der Waals surface area contributed by atoms with E-state index in [2.05, 4.69) is 9.56 Å². The van der Waals surface area contributed by atoms with E-state index >= 15 is 0 Å². The summed E-state index contributed by atoms with van der Waals surface area (Å²) in [6.07, 6.45) is 3.32. The van der Waals surface area contributed by atoms with Crippen LogP contribution in [0.1, 0.15) is 23.9 Å². The minimum absolute atomic E-state index is 0.0269. The lowest BCUT2D eigenvalue weighted by atomic mass is 10.1. The molecule has 29 heavy (non-hydrogen) atoms. The molecular weight excluding hydrogens is 372 g/mol. The van der Waals surface area contributed by atoms with E-state index in [0.29, 0.717) is 17.3 Å². The normalized spacial score (nSPS) is 18.7. The Hall–Kier alpha value is -3.81. The molecule has 0 bridgehead atoms. The SMILES string of the molecule is CC1=CC2=NC(=O)/C(=C\c3cc(C)n(-c4ccc5c(c4)OCO5)c3C)C(=N)N2O1. The van der Waals surface area contributed by atoms with Crippen LogP contribution in [0.4, 0.5) is 0 Å². The van der Waals surface area contributed by atoms with Gasteiger partial charge in [0.15, 0.2) is 23.2 Å². The molecule has 3 aliphatic rings. The smallest absolute Gasteiger partial charge is 0.282 e. The summed E-state index contributed by atoms with van der Waals surface area (Å²) in [6.45, 7) is 5.93. The number of nitrogens with one attached hydrogen (secondary N) is 1. The maximum absolute atomic E-state index is 12.5. The minimum Gasteiger partial charge on any atom is -0.454 e. The zero-order valence-corrected chi connectivity index (χ0v) is 16.1. The Morgan fingerprint density at radius 1 is 1.14 bits per heavy atom. The summed E-state index contributed by atoms with van der Waals surface area (Å²) >= 11 is 0. The molecule has 0 fully saturated rings. The van der Waals surface area contributed by atoms with Crippen LogP contribution in [0.5, 0.6) is 11.5 Å². The third-order valence-corrected chi connectivity index (χ3v) is 5.06. The monoisotopic (exact) mass is 390 g/mol. The Bertz CT molecular complexity index is 1190. The molecule has 0 radical (unpaired) electrons. The van der Waals surface area contributed by atoms with Crippen LogP contribution < -0.4 is 9.47 Å². The Morgan fingerprint density at radius 3 is 2.76 bits per heavy atom. The number of carbonyl (C=O) groups is 1. The predicted octanol–water partition coefficient (Wildman–Crippen LogP) is 3.27. The molecule has 146 valence electrons. The summed E-state index contributed by atoms with van der Waals surface area (Å²) in [4.78, 5) is 22.0. The van der Waals surface area contributed by atoms with Crippen molar-refractivity contribution in [1.29, 1.82) is 5.41 Å². The van der Waals surface area contributed by atoms with Crippen molar-refractivity contribution in [3.8, 4) is 17.2 Å². The van der Waals surface area contributed by atoms with Gasteiger partial charge in [-0.15, -0.1) is 5.06 Å². The van der Waals surface area contributed by atoms with Crippen LogP contribution in [0.3, 0.4) is 0 Å². The zero-order chi connectivity index (χ0) is 20.3. The third-order valence-electron chi connectivity index (χ3n) is 5.06. The van der Waals surface area contributed by atoms with E-state index in [-0.39, 0.29) is 18.2 Å². The number of carbonyl (C=O) groups excluding carboxylic acids is 1. The molecule has 0 spiro atoms. The van der Waals surface area contributed by atoms with Gasteiger partial charge in [-0.2, -0.15) is 4.99 Å². The number of hydroxylamine groups is 2. The highest BCUT2D eigenvalue weighted by Gasteiger charge is 2.34. The van der Waals surface area contributed by atoms with E-state index in [9.17, 15) is 4.79 Å². The van der Waals surface area contributed by atoms with Crippen molar-refractivity contribution in [3.05, 3.63) is 58.6 Å². The fourth-order valence-electron chi connectivity index (χ4n) is 3.71. The van der Waals surface area contributed by atoms with E-state index in [1.54, 1.807) is 19.1 Å². The van der Waals surface area contributed by atoms with E-state index in [1.165, 1.54) is 5.06 Å². The molecule has 0 saturated heterocycles. The van der Waals surface area contributed by atoms with Gasteiger partial charge in [0.2, 0.25) is 6.79 Å². The van der Waals surface area contributed by atoms with Crippen molar-refractivity contribution in [2.45, 2.75) is 20.8 Å². The number of benzene rings is 1. The van der Waals surface area contributed by atoms with Crippen LogP contribution in [0.15, 0.2) is 46.7 Å². The van der Waals surface area contributed by atoms with Crippen LogP contribution in [-0.4, -0.2) is 34.0 Å². The van der Waals surface area contributed by atoms with E-state index in [1.807, 2.05) is 38.1 Å². The van der Waals surface area contributed by atoms with Gasteiger partial charge in [-0.25, -0.2) is 0 Å². The highest BCUT2D eigenvalue weighted by Crippen LogP contribution is 2.35. The average molecular weight is 390 g/mol. The number of rotatable bonds is 2. The molecule has 0 saturated carbocycles. The topological polar surface area (TPSA) is 89.1 Å². The number of aromatic nitrogens is 1. The molecule has 1 aromatic carbocycles. The lowest BCUT2D eigenvalue weighted by Gasteiger charge is -2.22. The Morgan fingerprint density at radius 2 is 1.93 bits per heavy atom. The van der Waals surface area contributed by atoms with Gasteiger partial charge >= 0.3 is 0 Å². The molecule has 2 aromatic rings. The maximum Gasteiger partial charge on any atom is 0.282 e. The number of amides is 1. The van der Waals surface area contributed by atoms with E-state index in [4.69, 9.17) is 19.7 Å². The van der Waals surface area contributed by atoms with Crippen LogP contribution in [0, 0.1) is 19.3 Å². The molecule has 5 rings (SSSR count). The van der Waals surface area contributed by atoms with Gasteiger partial charge in [0.25, 0.3) is 5.91 Å². The number of fused-ring (bicyclic) bond motifs is 2. The minimum atomic E-state index is -0.455. The van der Waals surface area contributed by atoms with Crippen molar-refractivity contribution >= 4 is 23.7 Å². The Labute approximate surface area is 166 Å². The Kier molecular flexibility index (Phi) is 3.64. The molecule has 0 aliphatic carbocycles. The molecule has 8 nitrogen and oxygen atoms in total. The molecule has 3 aliphatic heterocycles. The maximum atomic E-state index is 12.5. The second kappa shape index (κ2) is 6.10. The fourth-order valence-corrected chi connectivity index (χ4v) is 3.71. The summed E-state index contributed by atoms with van der Waals surface area (Å²) in [7, 11) is 0. The number of hydrogen-bond acceptors (Lipinski definition) is 5. The van der Waals surface area contributed by atoms with E-state index < -0.39 is 5.91 Å². The third kappa shape index (κ3) is 2.64. The predicted molar refractivity (Wildman–Crippen MR) is 106 cm³/mol. The second-order valence-electron chi connectivity index (χ2n) is 7.02. The average Bonchev–Trinajstić information content (AvgIpc) is 3.35. The molecule has 1 N–H and O–H groups in total. The molecular formula is C21H18N4O4. The lowest BCUT2D eigenvalue weighted by Crippen LogP contribution is -2.38. The van der Waals surface area contributed by atoms with Gasteiger partial charge in [-0.3, -0.25) is 10.2 Å². The van der Waals surface area contributed by atoms with Gasteiger partial charge in [0.05, 0.1) is 5.57 Å². The van der Waals surface area contributed by atoms with Crippen molar-refractivity contribution in [2.24, 2.45) is 4.99 Å². The summed E-state index contributed by atoms with van der Waals surface area (Å²) in [5.74, 6) is 1.87. The van der Waals surface area contributed by atoms with Crippen molar-refractivity contribution in [3.63, 3.8) is 0 Å². The van der Waals surface area contributed by atoms with Crippen molar-refractivity contribution in [2.75, 3.05) is 6.79 Å². The summed E-state index contributed by atoms with van der Waals surface area (Å²) < 4.78 is 12.9. The quantitative estimate of drug-likeness (QED) is 0.795. The number of aryl methyl sites for hydroxylation is 1. The number of aliphatic imine (C=N–C) groups is 1. The Balaban J connectivity index is 1.55. The first-order chi connectivity index (χ1) is 13.9. The second-order valence-corrected chi connectivity index (χ2v) is 7.02. The van der Waals surface area contributed by atoms with Gasteiger partial charge in [0.1, 0.15) is 5.76 Å². The number of ether oxygens (including phenoxy) is 2. The molecule has 0 atom stereocenters. The summed E-state index contributed by atoms with van der Waals surface area (Å²) in [6, 6.07) is 7.74. The zero-order valence-electron chi connectivity index (χ0n) is 16.1. The number of allylic oxidation sites excluding steroid dienone is 1. The summed E-state index contributed by atoms with van der Waals surface area (Å²) in [5.41, 5.74) is 3.86. The standard InChI is InChI=1S/C21H18N4O4/c1-11-6-14(8-16-20(22)25-19(23-21(16)26)7-12(2)29-25)13(3)24(11)15-4-5-17-18(9-15)28-10-27-17/h4-9,22H,10H2,1-3H3/b16-8-,22-20?. The van der Waals surface area contributed by atoms with Gasteiger partial charge < -0.3 is 18.9 Å². The van der Waals surface area contributed by atoms with Crippen molar-refractivity contribution < 1.29 is 19.1 Å². The molecule has 1 amide bonds. The lowest BCUT2D eigenvalue weighted by molar-refractivity contribution is -0.114. The highest BCUT2D eigenvalue weighted by molar-refractivity contribution is 6.32. The fraction of sp³-hybridized carbons (Fsp3) is 0.190. The number of hydrogen-bond donors (Lipinski definition) is 1. The molecule has 4 heterocycles. The van der Waals surface area contributed by atoms with E-state index in [0.717, 1.165) is 28.4 Å². The van der Waals surface area contributed by atoms with Crippen LogP contribution in [0.25, 0.3) is 11.8 Å². The molecule has 1 aromatic heterocycles. The highest BCUT2D eigenvalue weighted by atomic mass is 16.7. The first-order valence-electron chi connectivity index (χ1n) is 9.11. The van der Waals surface area contributed by atoms with Crippen LogP contribution in [0.2, 0.25) is 0 Å². The van der Waals surface area contributed by atoms with Gasteiger partial charge in [-0.1, -0.05) is 0 Å². The van der Waals surface area contributed by atoms with Crippen LogP contribution in [-0.2, 0) is 9.63 Å². The molecule has 8 heteroatoms. The largest absolute Gasteiger partial charge is 0.454 e. The first-order valence-corrected chi connectivity index (χ1v) is 9.11. The van der Waals surface area contributed by atoms with Gasteiger partial charge in [-0.05, 0) is 50.6 Å². The van der Waals surface area contributed by atoms with Crippen LogP contribution >= 0.6 is 0 Å². The number of amidine groups is 2. The number of nitrogens with zero attached hydrogens (tertiary/aromatic N) is 3. The van der Waals surface area contributed by atoms with Crippen molar-refractivity contribution in [1.82, 2.24) is 9.63 Å². The first kappa shape index (κ1) is 17.3. The molecule has 0 unspecified atom stereocenters.